The number of likely N-dealkylation sites (N-methyl/N-ethyl adjacent to an activating group) is 1. The van der Waals surface area contributed by atoms with Crippen LogP contribution in [-0.4, -0.2) is 29.8 Å². The Kier molecular flexibility index (Phi) is 5.21. The maximum Gasteiger partial charge on any atom is 0.255 e. The van der Waals surface area contributed by atoms with Gasteiger partial charge in [0.25, 0.3) is 5.91 Å². The molecule has 116 valence electrons. The molecule has 1 aromatic carbocycles. The Hall–Kier alpha value is -2.28. The summed E-state index contributed by atoms with van der Waals surface area (Å²) in [6, 6.07) is 4.96. The standard InChI is InChI=1S/C15H14F2N2O2S/c1-2-19(15(21)10-6-7-22-9-10)8-13(20)18-14-11(16)4-3-5-12(14)17/h3-7,9H,2,8H2,1H3,(H,18,20). The monoisotopic (exact) mass is 324 g/mol. The molecule has 0 fully saturated rings. The average Bonchev–Trinajstić information content (AvgIpc) is 3.02. The molecule has 0 saturated carbocycles. The number of carbonyl (C=O) groups excluding carboxylic acids is 2. The highest BCUT2D eigenvalue weighted by Gasteiger charge is 2.19. The van der Waals surface area contributed by atoms with E-state index in [1.54, 1.807) is 23.8 Å². The molecule has 2 aromatic rings. The van der Waals surface area contributed by atoms with Crippen LogP contribution >= 0.6 is 11.3 Å². The Labute approximate surface area is 130 Å². The van der Waals surface area contributed by atoms with Crippen molar-refractivity contribution in [3.63, 3.8) is 0 Å². The highest BCUT2D eigenvalue weighted by molar-refractivity contribution is 7.08. The molecule has 0 radical (unpaired) electrons. The van der Waals surface area contributed by atoms with Gasteiger partial charge in [-0.25, -0.2) is 8.78 Å². The van der Waals surface area contributed by atoms with Gasteiger partial charge in [0.15, 0.2) is 0 Å². The van der Waals surface area contributed by atoms with Crippen molar-refractivity contribution in [3.8, 4) is 0 Å². The van der Waals surface area contributed by atoms with Crippen molar-refractivity contribution in [1.29, 1.82) is 0 Å². The molecule has 1 heterocycles. The summed E-state index contributed by atoms with van der Waals surface area (Å²) >= 11 is 1.37. The first-order chi connectivity index (χ1) is 10.5. The third kappa shape index (κ3) is 3.67. The minimum Gasteiger partial charge on any atom is -0.330 e. The molecule has 1 aromatic heterocycles. The van der Waals surface area contributed by atoms with Gasteiger partial charge in [-0.1, -0.05) is 6.07 Å². The van der Waals surface area contributed by atoms with Gasteiger partial charge in [0.1, 0.15) is 23.9 Å². The molecule has 0 unspecified atom stereocenters. The smallest absolute Gasteiger partial charge is 0.255 e. The highest BCUT2D eigenvalue weighted by atomic mass is 32.1. The molecule has 0 spiro atoms. The fourth-order valence-electron chi connectivity index (χ4n) is 1.87. The first-order valence-corrected chi connectivity index (χ1v) is 7.52. The number of nitrogens with zero attached hydrogens (tertiary/aromatic N) is 1. The van der Waals surface area contributed by atoms with Crippen molar-refractivity contribution in [1.82, 2.24) is 4.90 Å². The van der Waals surface area contributed by atoms with Crippen molar-refractivity contribution in [2.45, 2.75) is 6.92 Å². The number of rotatable bonds is 5. The Morgan fingerprint density at radius 2 is 1.91 bits per heavy atom. The summed E-state index contributed by atoms with van der Waals surface area (Å²) in [5.74, 6) is -2.68. The fourth-order valence-corrected chi connectivity index (χ4v) is 2.50. The topological polar surface area (TPSA) is 49.4 Å². The maximum atomic E-state index is 13.5. The van der Waals surface area contributed by atoms with Crippen molar-refractivity contribution in [2.24, 2.45) is 0 Å². The van der Waals surface area contributed by atoms with E-state index in [4.69, 9.17) is 0 Å². The lowest BCUT2D eigenvalue weighted by atomic mass is 10.2. The lowest BCUT2D eigenvalue weighted by Gasteiger charge is -2.20. The van der Waals surface area contributed by atoms with E-state index in [1.165, 1.54) is 22.3 Å². The Balaban J connectivity index is 2.05. The zero-order chi connectivity index (χ0) is 16.1. The number of anilines is 1. The number of amides is 2. The molecule has 22 heavy (non-hydrogen) atoms. The van der Waals surface area contributed by atoms with Crippen LogP contribution in [0.25, 0.3) is 0 Å². The first-order valence-electron chi connectivity index (χ1n) is 6.58. The molecule has 0 aliphatic heterocycles. The quantitative estimate of drug-likeness (QED) is 0.918. The minimum absolute atomic E-state index is 0.279. The van der Waals surface area contributed by atoms with Crippen LogP contribution < -0.4 is 5.32 Å². The van der Waals surface area contributed by atoms with E-state index in [-0.39, 0.29) is 12.5 Å². The third-order valence-electron chi connectivity index (χ3n) is 3.00. The van der Waals surface area contributed by atoms with Crippen molar-refractivity contribution < 1.29 is 18.4 Å². The van der Waals surface area contributed by atoms with Gasteiger partial charge >= 0.3 is 0 Å². The lowest BCUT2D eigenvalue weighted by Crippen LogP contribution is -2.37. The largest absolute Gasteiger partial charge is 0.330 e. The van der Waals surface area contributed by atoms with Gasteiger partial charge in [-0.15, -0.1) is 0 Å². The molecule has 2 amide bonds. The fraction of sp³-hybridized carbons (Fsp3) is 0.200. The number of para-hydroxylation sites is 1. The van der Waals surface area contributed by atoms with Crippen LogP contribution in [0.3, 0.4) is 0 Å². The van der Waals surface area contributed by atoms with Gasteiger partial charge in [0.2, 0.25) is 5.91 Å². The highest BCUT2D eigenvalue weighted by Crippen LogP contribution is 2.18. The van der Waals surface area contributed by atoms with Gasteiger partial charge in [0, 0.05) is 11.9 Å². The Bertz CT molecular complexity index is 654. The molecule has 4 nitrogen and oxygen atoms in total. The van der Waals surface area contributed by atoms with Crippen LogP contribution in [0, 0.1) is 11.6 Å². The van der Waals surface area contributed by atoms with E-state index >= 15 is 0 Å². The minimum atomic E-state index is -0.861. The maximum absolute atomic E-state index is 13.5. The molecule has 2 rings (SSSR count). The van der Waals surface area contributed by atoms with Gasteiger partial charge in [0.05, 0.1) is 5.56 Å². The van der Waals surface area contributed by atoms with E-state index in [1.807, 2.05) is 0 Å². The molecule has 7 heteroatoms. The third-order valence-corrected chi connectivity index (χ3v) is 3.68. The van der Waals surface area contributed by atoms with Crippen LogP contribution in [0.4, 0.5) is 14.5 Å². The summed E-state index contributed by atoms with van der Waals surface area (Å²) in [7, 11) is 0. The van der Waals surface area contributed by atoms with Gasteiger partial charge in [-0.3, -0.25) is 9.59 Å². The van der Waals surface area contributed by atoms with Crippen molar-refractivity contribution >= 4 is 28.8 Å². The molecule has 1 N–H and O–H groups in total. The summed E-state index contributed by atoms with van der Waals surface area (Å²) in [6.07, 6.45) is 0. The van der Waals surface area contributed by atoms with Crippen LogP contribution in [0.15, 0.2) is 35.0 Å². The molecule has 0 bridgehead atoms. The number of hydrogen-bond donors (Lipinski definition) is 1. The SMILES string of the molecule is CCN(CC(=O)Nc1c(F)cccc1F)C(=O)c1ccsc1. The van der Waals surface area contributed by atoms with E-state index in [9.17, 15) is 18.4 Å². The van der Waals surface area contributed by atoms with E-state index in [0.29, 0.717) is 12.1 Å². The van der Waals surface area contributed by atoms with E-state index in [0.717, 1.165) is 12.1 Å². The van der Waals surface area contributed by atoms with Crippen molar-refractivity contribution in [2.75, 3.05) is 18.4 Å². The molecule has 0 atom stereocenters. The second-order valence-electron chi connectivity index (χ2n) is 4.48. The van der Waals surface area contributed by atoms with Gasteiger partial charge in [-0.2, -0.15) is 11.3 Å². The zero-order valence-corrected chi connectivity index (χ0v) is 12.6. The second kappa shape index (κ2) is 7.13. The lowest BCUT2D eigenvalue weighted by molar-refractivity contribution is -0.116. The normalized spacial score (nSPS) is 10.3. The molecule has 0 aliphatic carbocycles. The molecule has 0 saturated heterocycles. The second-order valence-corrected chi connectivity index (χ2v) is 5.26. The van der Waals surface area contributed by atoms with E-state index < -0.39 is 23.2 Å². The van der Waals surface area contributed by atoms with Crippen LogP contribution in [0.1, 0.15) is 17.3 Å². The number of benzene rings is 1. The molecule has 0 aliphatic rings. The molecular weight excluding hydrogens is 310 g/mol. The van der Waals surface area contributed by atoms with Gasteiger partial charge < -0.3 is 10.2 Å². The number of carbonyl (C=O) groups is 2. The Morgan fingerprint density at radius 3 is 2.45 bits per heavy atom. The van der Waals surface area contributed by atoms with Gasteiger partial charge in [-0.05, 0) is 30.5 Å². The number of thiophene rings is 1. The van der Waals surface area contributed by atoms with Crippen LogP contribution in [0.5, 0.6) is 0 Å². The summed E-state index contributed by atoms with van der Waals surface area (Å²) < 4.78 is 27.0. The summed E-state index contributed by atoms with van der Waals surface area (Å²) in [4.78, 5) is 25.4. The van der Waals surface area contributed by atoms with E-state index in [2.05, 4.69) is 5.32 Å². The number of hydrogen-bond acceptors (Lipinski definition) is 3. The average molecular weight is 324 g/mol. The molecular formula is C15H14F2N2O2S. The predicted molar refractivity (Wildman–Crippen MR) is 80.9 cm³/mol. The summed E-state index contributed by atoms with van der Waals surface area (Å²) in [5, 5.41) is 5.60. The Morgan fingerprint density at radius 1 is 1.23 bits per heavy atom. The number of nitrogens with one attached hydrogen (secondary N) is 1. The van der Waals surface area contributed by atoms with Crippen molar-refractivity contribution in [3.05, 3.63) is 52.2 Å². The summed E-state index contributed by atoms with van der Waals surface area (Å²) in [6.45, 7) is 1.75. The number of halogens is 2. The van der Waals surface area contributed by atoms with Crippen LogP contribution in [-0.2, 0) is 4.79 Å². The first kappa shape index (κ1) is 16.1. The van der Waals surface area contributed by atoms with Crippen LogP contribution in [0.2, 0.25) is 0 Å². The predicted octanol–water partition coefficient (Wildman–Crippen LogP) is 3.13. The summed E-state index contributed by atoms with van der Waals surface area (Å²) in [5.41, 5.74) is -0.0248. The zero-order valence-electron chi connectivity index (χ0n) is 11.8.